The van der Waals surface area contributed by atoms with Gasteiger partial charge in [0.1, 0.15) is 11.9 Å². The number of rotatable bonds is 6. The van der Waals surface area contributed by atoms with E-state index in [1.807, 2.05) is 30.3 Å². The molecule has 6 rings (SSSR count). The number of fused-ring (bicyclic) bond motifs is 1. The standard InChI is InChI=1S/C30H37FN4O3/c31-25-17-21(19-34-13-8-30(9-14-34)10-15-38-16-11-30)6-7-22(25)18-33-26-4-1-3-23-24(26)20-35(29(23)37)27-5-2-12-32-28(27)36/h1,3-4,6-7,17,27,33H,2,5,8-16,18-20H2,(H,32,36). The summed E-state index contributed by atoms with van der Waals surface area (Å²) in [6, 6.07) is 10.7. The molecule has 2 aromatic carbocycles. The third kappa shape index (κ3) is 5.04. The molecule has 2 N–H and O–H groups in total. The predicted molar refractivity (Wildman–Crippen MR) is 143 cm³/mol. The van der Waals surface area contributed by atoms with Crippen molar-refractivity contribution < 1.29 is 18.7 Å². The third-order valence-electron chi connectivity index (χ3n) is 9.09. The summed E-state index contributed by atoms with van der Waals surface area (Å²) in [6.07, 6.45) is 6.29. The van der Waals surface area contributed by atoms with Crippen LogP contribution < -0.4 is 10.6 Å². The molecule has 1 atom stereocenters. The minimum absolute atomic E-state index is 0.0817. The van der Waals surface area contributed by atoms with E-state index in [1.54, 1.807) is 11.0 Å². The lowest BCUT2D eigenvalue weighted by molar-refractivity contribution is -0.127. The number of nitrogens with zero attached hydrogens (tertiary/aromatic N) is 2. The van der Waals surface area contributed by atoms with Crippen molar-refractivity contribution in [3.63, 3.8) is 0 Å². The maximum atomic E-state index is 15.1. The molecule has 4 aliphatic heterocycles. The van der Waals surface area contributed by atoms with E-state index < -0.39 is 6.04 Å². The lowest BCUT2D eigenvalue weighted by atomic mass is 9.72. The van der Waals surface area contributed by atoms with Crippen molar-refractivity contribution in [3.8, 4) is 0 Å². The Kier molecular flexibility index (Phi) is 7.10. The normalized spacial score (nSPS) is 23.4. The van der Waals surface area contributed by atoms with E-state index in [1.165, 1.54) is 25.7 Å². The van der Waals surface area contributed by atoms with Crippen LogP contribution in [0, 0.1) is 11.2 Å². The molecule has 0 saturated carbocycles. The minimum Gasteiger partial charge on any atom is -0.381 e. The minimum atomic E-state index is -0.427. The zero-order valence-corrected chi connectivity index (χ0v) is 21.9. The Bertz CT molecular complexity index is 1200. The largest absolute Gasteiger partial charge is 0.381 e. The summed E-state index contributed by atoms with van der Waals surface area (Å²) in [4.78, 5) is 29.5. The number of likely N-dealkylation sites (tertiary alicyclic amines) is 1. The maximum Gasteiger partial charge on any atom is 0.255 e. The Morgan fingerprint density at radius 2 is 1.89 bits per heavy atom. The summed E-state index contributed by atoms with van der Waals surface area (Å²) in [5, 5.41) is 6.22. The van der Waals surface area contributed by atoms with E-state index in [0.29, 0.717) is 42.6 Å². The van der Waals surface area contributed by atoms with Crippen molar-refractivity contribution >= 4 is 17.5 Å². The average molecular weight is 521 g/mol. The highest BCUT2D eigenvalue weighted by Crippen LogP contribution is 2.41. The highest BCUT2D eigenvalue weighted by Gasteiger charge is 2.38. The SMILES string of the molecule is O=C1NCCCC1N1Cc2c(NCc3ccc(CN4CCC5(CCOCC5)CC4)cc3F)cccc2C1=O. The molecule has 8 heteroatoms. The zero-order chi connectivity index (χ0) is 26.1. The summed E-state index contributed by atoms with van der Waals surface area (Å²) >= 11 is 0. The number of carbonyl (C=O) groups is 2. The van der Waals surface area contributed by atoms with Gasteiger partial charge in [0.25, 0.3) is 5.91 Å². The van der Waals surface area contributed by atoms with Crippen LogP contribution in [-0.2, 0) is 29.2 Å². The highest BCUT2D eigenvalue weighted by molar-refractivity contribution is 6.02. The molecule has 0 radical (unpaired) electrons. The Morgan fingerprint density at radius 1 is 1.08 bits per heavy atom. The quantitative estimate of drug-likeness (QED) is 0.601. The zero-order valence-electron chi connectivity index (χ0n) is 21.9. The first-order chi connectivity index (χ1) is 18.5. The molecule has 4 heterocycles. The van der Waals surface area contributed by atoms with Crippen LogP contribution in [0.25, 0.3) is 0 Å². The van der Waals surface area contributed by atoms with Crippen LogP contribution in [0.3, 0.4) is 0 Å². The second kappa shape index (κ2) is 10.7. The molecule has 4 aliphatic rings. The van der Waals surface area contributed by atoms with Crippen molar-refractivity contribution in [3.05, 3.63) is 64.5 Å². The van der Waals surface area contributed by atoms with Gasteiger partial charge in [0.15, 0.2) is 0 Å². The van der Waals surface area contributed by atoms with Gasteiger partial charge in [-0.15, -0.1) is 0 Å². The first kappa shape index (κ1) is 25.3. The van der Waals surface area contributed by atoms with Gasteiger partial charge in [0, 0.05) is 61.8 Å². The first-order valence-electron chi connectivity index (χ1n) is 14.0. The van der Waals surface area contributed by atoms with Crippen LogP contribution in [0.4, 0.5) is 10.1 Å². The summed E-state index contributed by atoms with van der Waals surface area (Å²) in [5.41, 5.74) is 4.36. The summed E-state index contributed by atoms with van der Waals surface area (Å²) < 4.78 is 20.7. The van der Waals surface area contributed by atoms with E-state index in [2.05, 4.69) is 15.5 Å². The fraction of sp³-hybridized carbons (Fsp3) is 0.533. The molecule has 2 amide bonds. The van der Waals surface area contributed by atoms with Crippen LogP contribution in [-0.4, -0.2) is 60.5 Å². The van der Waals surface area contributed by atoms with E-state index in [0.717, 1.165) is 56.1 Å². The van der Waals surface area contributed by atoms with Crippen LogP contribution in [0.1, 0.15) is 65.6 Å². The van der Waals surface area contributed by atoms with Gasteiger partial charge in [-0.2, -0.15) is 0 Å². The Labute approximate surface area is 223 Å². The second-order valence-electron chi connectivity index (χ2n) is 11.4. The van der Waals surface area contributed by atoms with Crippen LogP contribution in [0.15, 0.2) is 36.4 Å². The summed E-state index contributed by atoms with van der Waals surface area (Å²) in [5.74, 6) is -0.402. The molecule has 0 bridgehead atoms. The molecule has 7 nitrogen and oxygen atoms in total. The smallest absolute Gasteiger partial charge is 0.255 e. The van der Waals surface area contributed by atoms with Crippen molar-refractivity contribution in [1.82, 2.24) is 15.1 Å². The number of piperidine rings is 2. The molecule has 0 aliphatic carbocycles. The maximum absolute atomic E-state index is 15.1. The number of carbonyl (C=O) groups excluding carboxylic acids is 2. The van der Waals surface area contributed by atoms with Gasteiger partial charge in [-0.05, 0) is 80.8 Å². The molecule has 2 aromatic rings. The number of ether oxygens (including phenoxy) is 1. The fourth-order valence-corrected chi connectivity index (χ4v) is 6.60. The van der Waals surface area contributed by atoms with Gasteiger partial charge in [-0.1, -0.05) is 18.2 Å². The molecule has 3 fully saturated rings. The van der Waals surface area contributed by atoms with E-state index in [-0.39, 0.29) is 17.6 Å². The lowest BCUT2D eigenvalue weighted by Crippen LogP contribution is -2.50. The summed E-state index contributed by atoms with van der Waals surface area (Å²) in [6.45, 7) is 6.05. The van der Waals surface area contributed by atoms with E-state index >= 15 is 4.39 Å². The van der Waals surface area contributed by atoms with Gasteiger partial charge in [0.2, 0.25) is 5.91 Å². The number of benzene rings is 2. The second-order valence-corrected chi connectivity index (χ2v) is 11.4. The van der Waals surface area contributed by atoms with Crippen LogP contribution >= 0.6 is 0 Å². The van der Waals surface area contributed by atoms with Gasteiger partial charge >= 0.3 is 0 Å². The van der Waals surface area contributed by atoms with Gasteiger partial charge in [0.05, 0.1) is 0 Å². The molecule has 202 valence electrons. The molecule has 1 spiro atoms. The van der Waals surface area contributed by atoms with Crippen molar-refractivity contribution in [2.75, 3.05) is 38.2 Å². The summed E-state index contributed by atoms with van der Waals surface area (Å²) in [7, 11) is 0. The molecule has 3 saturated heterocycles. The monoisotopic (exact) mass is 520 g/mol. The third-order valence-corrected chi connectivity index (χ3v) is 9.09. The van der Waals surface area contributed by atoms with Crippen LogP contribution in [0.2, 0.25) is 0 Å². The number of amides is 2. The Morgan fingerprint density at radius 3 is 2.66 bits per heavy atom. The number of anilines is 1. The number of halogens is 1. The Hall–Kier alpha value is -2.97. The van der Waals surface area contributed by atoms with Crippen molar-refractivity contribution in [1.29, 1.82) is 0 Å². The topological polar surface area (TPSA) is 73.9 Å². The molecular formula is C30H37FN4O3. The first-order valence-corrected chi connectivity index (χ1v) is 14.0. The predicted octanol–water partition coefficient (Wildman–Crippen LogP) is 4.06. The molecule has 0 aromatic heterocycles. The lowest BCUT2D eigenvalue weighted by Gasteiger charge is -2.44. The van der Waals surface area contributed by atoms with Gasteiger partial charge in [-0.25, -0.2) is 4.39 Å². The van der Waals surface area contributed by atoms with Gasteiger partial charge in [-0.3, -0.25) is 14.5 Å². The average Bonchev–Trinajstić information content (AvgIpc) is 3.27. The Balaban J connectivity index is 1.07. The molecule has 1 unspecified atom stereocenters. The number of nitrogens with one attached hydrogen (secondary N) is 2. The van der Waals surface area contributed by atoms with Crippen molar-refractivity contribution in [2.24, 2.45) is 5.41 Å². The molecular weight excluding hydrogens is 483 g/mol. The number of hydrogen-bond acceptors (Lipinski definition) is 5. The fourth-order valence-electron chi connectivity index (χ4n) is 6.60. The highest BCUT2D eigenvalue weighted by atomic mass is 19.1. The van der Waals surface area contributed by atoms with Crippen LogP contribution in [0.5, 0.6) is 0 Å². The van der Waals surface area contributed by atoms with Crippen molar-refractivity contribution in [2.45, 2.75) is 64.2 Å². The molecule has 38 heavy (non-hydrogen) atoms. The van der Waals surface area contributed by atoms with E-state index in [4.69, 9.17) is 4.74 Å². The number of hydrogen-bond donors (Lipinski definition) is 2. The van der Waals surface area contributed by atoms with E-state index in [9.17, 15) is 9.59 Å². The van der Waals surface area contributed by atoms with Gasteiger partial charge < -0.3 is 20.3 Å².